The minimum Gasteiger partial charge on any atom is -0.248 e. The molecule has 0 saturated heterocycles. The van der Waals surface area contributed by atoms with E-state index in [0.29, 0.717) is 0 Å². The first-order valence-corrected chi connectivity index (χ1v) is 5.12. The van der Waals surface area contributed by atoms with Gasteiger partial charge in [-0.25, -0.2) is 4.98 Å². The Kier molecular flexibility index (Phi) is 3.52. The lowest BCUT2D eigenvalue weighted by molar-refractivity contribution is 0.910. The Bertz CT molecular complexity index is 248. The Labute approximate surface area is 83.5 Å². The molecule has 0 aromatic carbocycles. The van der Waals surface area contributed by atoms with E-state index >= 15 is 0 Å². The van der Waals surface area contributed by atoms with Crippen molar-refractivity contribution in [3.63, 3.8) is 0 Å². The number of pyridine rings is 1. The second-order valence-corrected chi connectivity index (χ2v) is 3.97. The first-order chi connectivity index (χ1) is 5.24. The SMILES string of the molecule is CCCc1cnc(Br)c(Br)c1. The van der Waals surface area contributed by atoms with Crippen LogP contribution < -0.4 is 0 Å². The number of rotatable bonds is 2. The van der Waals surface area contributed by atoms with Crippen molar-refractivity contribution in [2.45, 2.75) is 19.8 Å². The van der Waals surface area contributed by atoms with E-state index in [4.69, 9.17) is 0 Å². The quantitative estimate of drug-likeness (QED) is 0.754. The molecule has 1 nitrogen and oxygen atoms in total. The van der Waals surface area contributed by atoms with Crippen molar-refractivity contribution in [1.82, 2.24) is 4.98 Å². The van der Waals surface area contributed by atoms with Crippen LogP contribution in [0.15, 0.2) is 21.3 Å². The van der Waals surface area contributed by atoms with Crippen LogP contribution in [-0.4, -0.2) is 4.98 Å². The number of halogens is 2. The van der Waals surface area contributed by atoms with Crippen LogP contribution in [0.2, 0.25) is 0 Å². The van der Waals surface area contributed by atoms with Crippen LogP contribution in [0.5, 0.6) is 0 Å². The molecule has 1 aromatic heterocycles. The van der Waals surface area contributed by atoms with E-state index in [2.05, 4.69) is 49.8 Å². The maximum atomic E-state index is 4.17. The third-order valence-corrected chi connectivity index (χ3v) is 3.16. The molecule has 60 valence electrons. The van der Waals surface area contributed by atoms with E-state index in [1.807, 2.05) is 6.20 Å². The fourth-order valence-electron chi connectivity index (χ4n) is 0.886. The second-order valence-electron chi connectivity index (χ2n) is 2.37. The first-order valence-electron chi connectivity index (χ1n) is 3.54. The number of hydrogen-bond donors (Lipinski definition) is 0. The van der Waals surface area contributed by atoms with Crippen molar-refractivity contribution in [2.24, 2.45) is 0 Å². The summed E-state index contributed by atoms with van der Waals surface area (Å²) in [6.45, 7) is 2.16. The van der Waals surface area contributed by atoms with E-state index in [9.17, 15) is 0 Å². The highest BCUT2D eigenvalue weighted by Crippen LogP contribution is 2.21. The number of aryl methyl sites for hydroxylation is 1. The third kappa shape index (κ3) is 2.56. The minimum atomic E-state index is 0.873. The summed E-state index contributed by atoms with van der Waals surface area (Å²) in [5.41, 5.74) is 1.28. The lowest BCUT2D eigenvalue weighted by Gasteiger charge is -1.99. The van der Waals surface area contributed by atoms with Gasteiger partial charge in [0.15, 0.2) is 0 Å². The smallest absolute Gasteiger partial charge is 0.120 e. The molecule has 0 bridgehead atoms. The summed E-state index contributed by atoms with van der Waals surface area (Å²) in [7, 11) is 0. The summed E-state index contributed by atoms with van der Waals surface area (Å²) < 4.78 is 1.90. The van der Waals surface area contributed by atoms with Crippen LogP contribution in [0.1, 0.15) is 18.9 Å². The van der Waals surface area contributed by atoms with Gasteiger partial charge in [0.2, 0.25) is 0 Å². The van der Waals surface area contributed by atoms with E-state index in [1.54, 1.807) is 0 Å². The fourth-order valence-corrected chi connectivity index (χ4v) is 1.50. The van der Waals surface area contributed by atoms with Crippen molar-refractivity contribution in [2.75, 3.05) is 0 Å². The van der Waals surface area contributed by atoms with E-state index in [0.717, 1.165) is 21.9 Å². The van der Waals surface area contributed by atoms with Crippen molar-refractivity contribution in [1.29, 1.82) is 0 Å². The number of hydrogen-bond acceptors (Lipinski definition) is 1. The van der Waals surface area contributed by atoms with Gasteiger partial charge in [-0.05, 0) is 49.9 Å². The zero-order valence-corrected chi connectivity index (χ0v) is 9.44. The molecule has 0 fully saturated rings. The molecule has 0 radical (unpaired) electrons. The Balaban J connectivity index is 2.86. The van der Waals surface area contributed by atoms with Crippen molar-refractivity contribution in [3.05, 3.63) is 26.9 Å². The van der Waals surface area contributed by atoms with Crippen LogP contribution in [0.3, 0.4) is 0 Å². The molecule has 0 unspecified atom stereocenters. The fraction of sp³-hybridized carbons (Fsp3) is 0.375. The van der Waals surface area contributed by atoms with Gasteiger partial charge < -0.3 is 0 Å². The van der Waals surface area contributed by atoms with E-state index in [-0.39, 0.29) is 0 Å². The van der Waals surface area contributed by atoms with Crippen LogP contribution in [0.4, 0.5) is 0 Å². The Morgan fingerprint density at radius 1 is 1.45 bits per heavy atom. The predicted molar refractivity (Wildman–Crippen MR) is 53.6 cm³/mol. The van der Waals surface area contributed by atoms with Gasteiger partial charge in [-0.3, -0.25) is 0 Å². The number of nitrogens with zero attached hydrogens (tertiary/aromatic N) is 1. The highest BCUT2D eigenvalue weighted by molar-refractivity contribution is 9.13. The summed E-state index contributed by atoms with van der Waals surface area (Å²) in [5, 5.41) is 0. The average molecular weight is 279 g/mol. The van der Waals surface area contributed by atoms with Crippen molar-refractivity contribution < 1.29 is 0 Å². The molecule has 3 heteroatoms. The molecule has 0 atom stereocenters. The maximum absolute atomic E-state index is 4.17. The molecule has 0 spiro atoms. The van der Waals surface area contributed by atoms with Gasteiger partial charge in [-0.1, -0.05) is 13.3 Å². The monoisotopic (exact) mass is 277 g/mol. The standard InChI is InChI=1S/C8H9Br2N/c1-2-3-6-4-7(9)8(10)11-5-6/h4-5H,2-3H2,1H3. The van der Waals surface area contributed by atoms with Gasteiger partial charge in [-0.2, -0.15) is 0 Å². The molecule has 0 amide bonds. The first kappa shape index (κ1) is 9.20. The Hall–Kier alpha value is 0.110. The predicted octanol–water partition coefficient (Wildman–Crippen LogP) is 3.56. The highest BCUT2D eigenvalue weighted by Gasteiger charge is 1.98. The summed E-state index contributed by atoms with van der Waals surface area (Å²) >= 11 is 6.73. The molecule has 0 aliphatic rings. The van der Waals surface area contributed by atoms with E-state index in [1.165, 1.54) is 5.56 Å². The van der Waals surface area contributed by atoms with Gasteiger partial charge in [0.25, 0.3) is 0 Å². The maximum Gasteiger partial charge on any atom is 0.120 e. The molecule has 0 aliphatic heterocycles. The third-order valence-electron chi connectivity index (χ3n) is 1.39. The summed E-state index contributed by atoms with van der Waals surface area (Å²) in [6, 6.07) is 2.10. The molecule has 11 heavy (non-hydrogen) atoms. The van der Waals surface area contributed by atoms with Crippen molar-refractivity contribution >= 4 is 31.9 Å². The molecular weight excluding hydrogens is 270 g/mol. The second kappa shape index (κ2) is 4.21. The van der Waals surface area contributed by atoms with E-state index < -0.39 is 0 Å². The van der Waals surface area contributed by atoms with Crippen LogP contribution in [0.25, 0.3) is 0 Å². The summed E-state index contributed by atoms with van der Waals surface area (Å²) in [5.74, 6) is 0. The Morgan fingerprint density at radius 3 is 2.73 bits per heavy atom. The Morgan fingerprint density at radius 2 is 2.18 bits per heavy atom. The summed E-state index contributed by atoms with van der Waals surface area (Å²) in [6.07, 6.45) is 4.16. The zero-order valence-electron chi connectivity index (χ0n) is 6.27. The molecule has 1 heterocycles. The topological polar surface area (TPSA) is 12.9 Å². The van der Waals surface area contributed by atoms with Gasteiger partial charge in [-0.15, -0.1) is 0 Å². The average Bonchev–Trinajstić information content (AvgIpc) is 1.98. The molecule has 0 N–H and O–H groups in total. The molecule has 0 saturated carbocycles. The number of aromatic nitrogens is 1. The lowest BCUT2D eigenvalue weighted by Crippen LogP contribution is -1.86. The lowest BCUT2D eigenvalue weighted by atomic mass is 10.2. The van der Waals surface area contributed by atoms with Gasteiger partial charge in [0.05, 0.1) is 4.47 Å². The summed E-state index contributed by atoms with van der Waals surface area (Å²) in [4.78, 5) is 4.17. The molecule has 0 aliphatic carbocycles. The van der Waals surface area contributed by atoms with Crippen LogP contribution in [0, 0.1) is 0 Å². The van der Waals surface area contributed by atoms with Gasteiger partial charge in [0, 0.05) is 6.20 Å². The van der Waals surface area contributed by atoms with Gasteiger partial charge in [0.1, 0.15) is 4.60 Å². The van der Waals surface area contributed by atoms with Crippen LogP contribution >= 0.6 is 31.9 Å². The molecular formula is C8H9Br2N. The van der Waals surface area contributed by atoms with Gasteiger partial charge >= 0.3 is 0 Å². The van der Waals surface area contributed by atoms with Crippen LogP contribution in [-0.2, 0) is 6.42 Å². The molecule has 1 aromatic rings. The highest BCUT2D eigenvalue weighted by atomic mass is 79.9. The molecule has 1 rings (SSSR count). The normalized spacial score (nSPS) is 10.1. The van der Waals surface area contributed by atoms with Crippen molar-refractivity contribution in [3.8, 4) is 0 Å². The zero-order chi connectivity index (χ0) is 8.27. The minimum absolute atomic E-state index is 0.873. The largest absolute Gasteiger partial charge is 0.248 e.